The van der Waals surface area contributed by atoms with Gasteiger partial charge in [-0.25, -0.2) is 0 Å². The Morgan fingerprint density at radius 3 is 2.50 bits per heavy atom. The molecule has 0 heterocycles. The van der Waals surface area contributed by atoms with Crippen molar-refractivity contribution in [3.05, 3.63) is 58.7 Å². The molecule has 0 bridgehead atoms. The van der Waals surface area contributed by atoms with Crippen LogP contribution in [-0.4, -0.2) is 29.6 Å². The number of hydrogen-bond acceptors (Lipinski definition) is 5. The lowest BCUT2D eigenvalue weighted by atomic mass is 10.1. The zero-order chi connectivity index (χ0) is 17.7. The maximum atomic E-state index is 10.3. The third kappa shape index (κ3) is 4.26. The van der Waals surface area contributed by atoms with Crippen LogP contribution in [0.25, 0.3) is 0 Å². The molecule has 0 aliphatic carbocycles. The number of phenols is 1. The molecular formula is C19H23NO4. The van der Waals surface area contributed by atoms with Gasteiger partial charge < -0.3 is 19.8 Å². The minimum atomic E-state index is -0.764. The van der Waals surface area contributed by atoms with Crippen LogP contribution in [0.2, 0.25) is 0 Å². The monoisotopic (exact) mass is 329 g/mol. The molecule has 2 rings (SSSR count). The van der Waals surface area contributed by atoms with Gasteiger partial charge in [-0.3, -0.25) is 0 Å². The Balaban J connectivity index is 2.06. The molecule has 128 valence electrons. The lowest BCUT2D eigenvalue weighted by Crippen LogP contribution is -2.10. The topological polar surface area (TPSA) is 71.3 Å². The van der Waals surface area contributed by atoms with E-state index in [4.69, 9.17) is 9.57 Å². The third-order valence-electron chi connectivity index (χ3n) is 3.82. The lowest BCUT2D eigenvalue weighted by molar-refractivity contribution is 0.107. The Morgan fingerprint density at radius 2 is 1.88 bits per heavy atom. The van der Waals surface area contributed by atoms with Crippen LogP contribution in [0.5, 0.6) is 11.5 Å². The number of nitrogens with zero attached hydrogens (tertiary/aromatic N) is 1. The van der Waals surface area contributed by atoms with Crippen molar-refractivity contribution in [2.75, 3.05) is 13.7 Å². The van der Waals surface area contributed by atoms with Crippen molar-refractivity contribution < 1.29 is 19.8 Å². The number of aromatic hydroxyl groups is 1. The average molecular weight is 329 g/mol. The fraction of sp³-hybridized carbons (Fsp3) is 0.316. The molecule has 0 aliphatic rings. The summed E-state index contributed by atoms with van der Waals surface area (Å²) in [5.41, 5.74) is 4.12. The molecule has 0 amide bonds. The number of phenolic OH excluding ortho intramolecular Hbond substituents is 1. The Labute approximate surface area is 142 Å². The van der Waals surface area contributed by atoms with Gasteiger partial charge in [-0.05, 0) is 73.4 Å². The first kappa shape index (κ1) is 17.8. The van der Waals surface area contributed by atoms with Gasteiger partial charge in [0.25, 0.3) is 0 Å². The lowest BCUT2D eigenvalue weighted by Gasteiger charge is -2.15. The van der Waals surface area contributed by atoms with Crippen LogP contribution in [0.1, 0.15) is 35.3 Å². The smallest absolute Gasteiger partial charge is 0.122 e. The predicted molar refractivity (Wildman–Crippen MR) is 93.7 cm³/mol. The first-order valence-electron chi connectivity index (χ1n) is 7.71. The number of oxime groups is 1. The van der Waals surface area contributed by atoms with Crippen LogP contribution < -0.4 is 4.74 Å². The van der Waals surface area contributed by atoms with Gasteiger partial charge in [-0.15, -0.1) is 0 Å². The fourth-order valence-corrected chi connectivity index (χ4v) is 2.38. The average Bonchev–Trinajstić information content (AvgIpc) is 2.56. The van der Waals surface area contributed by atoms with E-state index < -0.39 is 6.10 Å². The van der Waals surface area contributed by atoms with E-state index >= 15 is 0 Å². The molecule has 5 nitrogen and oxygen atoms in total. The summed E-state index contributed by atoms with van der Waals surface area (Å²) < 4.78 is 5.73. The van der Waals surface area contributed by atoms with E-state index in [1.807, 2.05) is 32.0 Å². The quantitative estimate of drug-likeness (QED) is 0.628. The number of aliphatic hydroxyl groups is 1. The van der Waals surface area contributed by atoms with E-state index in [2.05, 4.69) is 5.16 Å². The molecule has 0 aliphatic heterocycles. The summed E-state index contributed by atoms with van der Waals surface area (Å²) >= 11 is 0. The zero-order valence-electron chi connectivity index (χ0n) is 14.4. The molecule has 0 spiro atoms. The first-order chi connectivity index (χ1) is 11.4. The van der Waals surface area contributed by atoms with E-state index in [0.717, 1.165) is 22.4 Å². The van der Waals surface area contributed by atoms with Crippen molar-refractivity contribution in [1.82, 2.24) is 0 Å². The van der Waals surface area contributed by atoms with Crippen LogP contribution >= 0.6 is 0 Å². The van der Waals surface area contributed by atoms with E-state index in [1.54, 1.807) is 25.1 Å². The van der Waals surface area contributed by atoms with Gasteiger partial charge in [0.05, 0.1) is 5.71 Å². The molecule has 24 heavy (non-hydrogen) atoms. The van der Waals surface area contributed by atoms with Gasteiger partial charge in [-0.1, -0.05) is 11.2 Å². The number of aryl methyl sites for hydroxylation is 2. The summed E-state index contributed by atoms with van der Waals surface area (Å²) in [6.45, 7) is 5.74. The van der Waals surface area contributed by atoms with Gasteiger partial charge in [0.1, 0.15) is 31.3 Å². The second kappa shape index (κ2) is 7.84. The van der Waals surface area contributed by atoms with Gasteiger partial charge in [0.2, 0.25) is 0 Å². The van der Waals surface area contributed by atoms with E-state index in [-0.39, 0.29) is 12.4 Å². The number of hydrogen-bond donors (Lipinski definition) is 2. The highest BCUT2D eigenvalue weighted by Crippen LogP contribution is 2.24. The number of aliphatic hydroxyl groups excluding tert-OH is 1. The van der Waals surface area contributed by atoms with Crippen LogP contribution in [-0.2, 0) is 4.84 Å². The summed E-state index contributed by atoms with van der Waals surface area (Å²) in [6, 6.07) is 10.7. The van der Waals surface area contributed by atoms with Crippen molar-refractivity contribution in [2.24, 2.45) is 5.16 Å². The first-order valence-corrected chi connectivity index (χ1v) is 7.71. The van der Waals surface area contributed by atoms with E-state index in [9.17, 15) is 10.2 Å². The summed E-state index contributed by atoms with van der Waals surface area (Å²) in [7, 11) is 1.51. The molecule has 5 heteroatoms. The molecule has 2 aromatic carbocycles. The molecule has 0 radical (unpaired) electrons. The Hall–Kier alpha value is -2.53. The van der Waals surface area contributed by atoms with Crippen LogP contribution in [0.15, 0.2) is 41.6 Å². The Kier molecular flexibility index (Phi) is 5.82. The molecule has 2 N–H and O–H groups in total. The zero-order valence-corrected chi connectivity index (χ0v) is 14.4. The molecule has 0 fully saturated rings. The second-order valence-electron chi connectivity index (χ2n) is 5.71. The SMILES string of the molecule is CO/N=C(/C)c1ccc(OCC(O)c2ccc(O)c(C)c2)c(C)c1. The van der Waals surface area contributed by atoms with Crippen LogP contribution in [0.3, 0.4) is 0 Å². The van der Waals surface area contributed by atoms with Crippen molar-refractivity contribution in [1.29, 1.82) is 0 Å². The molecule has 0 saturated carbocycles. The molecule has 2 aromatic rings. The number of ether oxygens (including phenoxy) is 1. The summed E-state index contributed by atoms with van der Waals surface area (Å²) in [4.78, 5) is 4.78. The highest BCUT2D eigenvalue weighted by atomic mass is 16.6. The third-order valence-corrected chi connectivity index (χ3v) is 3.82. The Morgan fingerprint density at radius 1 is 1.12 bits per heavy atom. The fourth-order valence-electron chi connectivity index (χ4n) is 2.38. The van der Waals surface area contributed by atoms with Crippen molar-refractivity contribution >= 4 is 5.71 Å². The van der Waals surface area contributed by atoms with Gasteiger partial charge >= 0.3 is 0 Å². The van der Waals surface area contributed by atoms with Crippen molar-refractivity contribution in [3.63, 3.8) is 0 Å². The normalized spacial score (nSPS) is 12.8. The van der Waals surface area contributed by atoms with Gasteiger partial charge in [0, 0.05) is 0 Å². The van der Waals surface area contributed by atoms with Gasteiger partial charge in [-0.2, -0.15) is 0 Å². The predicted octanol–water partition coefficient (Wildman–Crippen LogP) is 3.49. The molecule has 1 unspecified atom stereocenters. The van der Waals surface area contributed by atoms with Gasteiger partial charge in [0.15, 0.2) is 0 Å². The van der Waals surface area contributed by atoms with Crippen molar-refractivity contribution in [2.45, 2.75) is 26.9 Å². The molecule has 0 saturated heterocycles. The maximum Gasteiger partial charge on any atom is 0.122 e. The largest absolute Gasteiger partial charge is 0.508 e. The van der Waals surface area contributed by atoms with Crippen molar-refractivity contribution in [3.8, 4) is 11.5 Å². The van der Waals surface area contributed by atoms with E-state index in [1.165, 1.54) is 7.11 Å². The molecular weight excluding hydrogens is 306 g/mol. The number of benzene rings is 2. The highest BCUT2D eigenvalue weighted by Gasteiger charge is 2.11. The summed E-state index contributed by atoms with van der Waals surface area (Å²) in [5, 5.41) is 23.7. The highest BCUT2D eigenvalue weighted by molar-refractivity contribution is 5.98. The van der Waals surface area contributed by atoms with Crippen LogP contribution in [0, 0.1) is 13.8 Å². The van der Waals surface area contributed by atoms with Crippen LogP contribution in [0.4, 0.5) is 0 Å². The minimum absolute atomic E-state index is 0.134. The van der Waals surface area contributed by atoms with E-state index in [0.29, 0.717) is 11.3 Å². The maximum absolute atomic E-state index is 10.3. The standard InChI is InChI=1S/C19H23NO4/c1-12-9-16(5-7-17(12)21)18(22)11-24-19-8-6-15(10-13(19)2)14(3)20-23-4/h5-10,18,21-22H,11H2,1-4H3/b20-14-. The number of rotatable bonds is 6. The summed E-state index contributed by atoms with van der Waals surface area (Å²) in [5.74, 6) is 0.921. The summed E-state index contributed by atoms with van der Waals surface area (Å²) in [6.07, 6.45) is -0.764. The minimum Gasteiger partial charge on any atom is -0.508 e. The molecule has 0 aromatic heterocycles. The molecule has 1 atom stereocenters. The Bertz CT molecular complexity index is 740. The second-order valence-corrected chi connectivity index (χ2v) is 5.71.